The van der Waals surface area contributed by atoms with Crippen molar-refractivity contribution in [3.8, 4) is 0 Å². The van der Waals surface area contributed by atoms with Crippen LogP contribution in [0.2, 0.25) is 0 Å². The Kier molecular flexibility index (Phi) is 2.97. The molecular weight excluding hydrogens is 200 g/mol. The minimum atomic E-state index is -0.0787. The van der Waals surface area contributed by atoms with Crippen molar-refractivity contribution < 1.29 is 4.79 Å². The van der Waals surface area contributed by atoms with Gasteiger partial charge in [0.05, 0.1) is 6.04 Å². The normalized spacial score (nSPS) is 25.2. The van der Waals surface area contributed by atoms with Gasteiger partial charge in [0.1, 0.15) is 0 Å². The molecule has 1 aromatic carbocycles. The molecule has 2 atom stereocenters. The first-order chi connectivity index (χ1) is 7.63. The van der Waals surface area contributed by atoms with Gasteiger partial charge in [-0.2, -0.15) is 0 Å². The molecule has 1 aliphatic rings. The van der Waals surface area contributed by atoms with Crippen LogP contribution in [0.15, 0.2) is 24.3 Å². The smallest absolute Gasteiger partial charge is 0.224 e. The van der Waals surface area contributed by atoms with E-state index in [4.69, 9.17) is 5.73 Å². The van der Waals surface area contributed by atoms with Gasteiger partial charge >= 0.3 is 0 Å². The van der Waals surface area contributed by atoms with Crippen molar-refractivity contribution in [2.75, 3.05) is 7.05 Å². The fraction of sp³-hybridized carbons (Fsp3) is 0.462. The van der Waals surface area contributed by atoms with E-state index in [1.165, 1.54) is 5.56 Å². The second-order valence-corrected chi connectivity index (χ2v) is 4.41. The van der Waals surface area contributed by atoms with Crippen LogP contribution >= 0.6 is 0 Å². The lowest BCUT2D eigenvalue weighted by Gasteiger charge is -2.23. The molecule has 0 aromatic heterocycles. The van der Waals surface area contributed by atoms with E-state index in [0.717, 1.165) is 12.0 Å². The van der Waals surface area contributed by atoms with E-state index in [1.54, 1.807) is 4.90 Å². The highest BCUT2D eigenvalue weighted by atomic mass is 16.2. The van der Waals surface area contributed by atoms with Gasteiger partial charge in [0.2, 0.25) is 5.91 Å². The molecule has 0 unspecified atom stereocenters. The predicted octanol–water partition coefficient (Wildman–Crippen LogP) is 1.48. The maximum atomic E-state index is 11.5. The number of aryl methyl sites for hydroxylation is 1. The minimum absolute atomic E-state index is 0.0402. The Bertz CT molecular complexity index is 385. The van der Waals surface area contributed by atoms with Gasteiger partial charge in [-0.25, -0.2) is 0 Å². The van der Waals surface area contributed by atoms with Gasteiger partial charge in [0.25, 0.3) is 0 Å². The van der Waals surface area contributed by atoms with Gasteiger partial charge in [-0.3, -0.25) is 4.79 Å². The topological polar surface area (TPSA) is 46.3 Å². The van der Waals surface area contributed by atoms with E-state index in [-0.39, 0.29) is 18.0 Å². The molecule has 1 fully saturated rings. The third-order valence-corrected chi connectivity index (χ3v) is 3.36. The van der Waals surface area contributed by atoms with Gasteiger partial charge in [0.15, 0.2) is 0 Å². The van der Waals surface area contributed by atoms with Crippen molar-refractivity contribution in [1.29, 1.82) is 0 Å². The number of rotatable bonds is 2. The van der Waals surface area contributed by atoms with Gasteiger partial charge < -0.3 is 10.6 Å². The largest absolute Gasteiger partial charge is 0.337 e. The number of benzene rings is 1. The van der Waals surface area contributed by atoms with Crippen LogP contribution in [0.4, 0.5) is 0 Å². The Balaban J connectivity index is 2.26. The summed E-state index contributed by atoms with van der Waals surface area (Å²) in [7, 11) is 1.83. The third kappa shape index (κ3) is 1.83. The van der Waals surface area contributed by atoms with Crippen LogP contribution in [0.3, 0.4) is 0 Å². The molecule has 16 heavy (non-hydrogen) atoms. The summed E-state index contributed by atoms with van der Waals surface area (Å²) in [4.78, 5) is 13.3. The van der Waals surface area contributed by atoms with Crippen molar-refractivity contribution in [2.45, 2.75) is 31.8 Å². The number of nitrogens with two attached hydrogens (primary N) is 1. The molecule has 1 saturated heterocycles. The Morgan fingerprint density at radius 2 is 2.00 bits per heavy atom. The van der Waals surface area contributed by atoms with Crippen LogP contribution < -0.4 is 5.73 Å². The number of amides is 1. The van der Waals surface area contributed by atoms with E-state index in [2.05, 4.69) is 31.2 Å². The highest BCUT2D eigenvalue weighted by Gasteiger charge is 2.35. The maximum absolute atomic E-state index is 11.5. The van der Waals surface area contributed by atoms with Crippen LogP contribution in [0.25, 0.3) is 0 Å². The Hall–Kier alpha value is -1.35. The molecule has 0 saturated carbocycles. The van der Waals surface area contributed by atoms with Crippen LogP contribution in [0.1, 0.15) is 30.5 Å². The first kappa shape index (κ1) is 11.1. The number of likely N-dealkylation sites (tertiary alicyclic amines) is 1. The SMILES string of the molecule is CCc1ccc([C@H]2[C@H](N)CC(=O)N2C)cc1. The van der Waals surface area contributed by atoms with E-state index < -0.39 is 0 Å². The van der Waals surface area contributed by atoms with Crippen molar-refractivity contribution in [3.05, 3.63) is 35.4 Å². The predicted molar refractivity (Wildman–Crippen MR) is 63.9 cm³/mol. The Labute approximate surface area is 96.2 Å². The van der Waals surface area contributed by atoms with Crippen molar-refractivity contribution in [3.63, 3.8) is 0 Å². The van der Waals surface area contributed by atoms with Crippen molar-refractivity contribution >= 4 is 5.91 Å². The lowest BCUT2D eigenvalue weighted by atomic mass is 9.99. The molecule has 1 heterocycles. The number of carbonyl (C=O) groups is 1. The van der Waals surface area contributed by atoms with E-state index in [0.29, 0.717) is 6.42 Å². The molecular formula is C13H18N2O. The average Bonchev–Trinajstić information content (AvgIpc) is 2.54. The molecule has 2 N–H and O–H groups in total. The van der Waals surface area contributed by atoms with Gasteiger partial charge in [-0.1, -0.05) is 31.2 Å². The summed E-state index contributed by atoms with van der Waals surface area (Å²) >= 11 is 0. The van der Waals surface area contributed by atoms with Crippen molar-refractivity contribution in [1.82, 2.24) is 4.90 Å². The molecule has 1 aromatic rings. The van der Waals surface area contributed by atoms with Crippen LogP contribution in [0.5, 0.6) is 0 Å². The van der Waals surface area contributed by atoms with Gasteiger partial charge in [-0.15, -0.1) is 0 Å². The molecule has 3 heteroatoms. The van der Waals surface area contributed by atoms with Crippen LogP contribution in [-0.4, -0.2) is 23.9 Å². The Morgan fingerprint density at radius 1 is 1.38 bits per heavy atom. The summed E-state index contributed by atoms with van der Waals surface area (Å²) in [5, 5.41) is 0. The summed E-state index contributed by atoms with van der Waals surface area (Å²) in [6.45, 7) is 2.13. The first-order valence-corrected chi connectivity index (χ1v) is 5.73. The van der Waals surface area contributed by atoms with Gasteiger partial charge in [-0.05, 0) is 17.5 Å². The van der Waals surface area contributed by atoms with Crippen molar-refractivity contribution in [2.24, 2.45) is 5.73 Å². The second-order valence-electron chi connectivity index (χ2n) is 4.41. The number of carbonyl (C=O) groups excluding carboxylic acids is 1. The quantitative estimate of drug-likeness (QED) is 0.817. The summed E-state index contributed by atoms with van der Waals surface area (Å²) in [5.74, 6) is 0.136. The molecule has 0 bridgehead atoms. The number of hydrogen-bond donors (Lipinski definition) is 1. The third-order valence-electron chi connectivity index (χ3n) is 3.36. The average molecular weight is 218 g/mol. The summed E-state index contributed by atoms with van der Waals surface area (Å²) < 4.78 is 0. The fourth-order valence-electron chi connectivity index (χ4n) is 2.32. The monoisotopic (exact) mass is 218 g/mol. The molecule has 1 aliphatic heterocycles. The maximum Gasteiger partial charge on any atom is 0.224 e. The highest BCUT2D eigenvalue weighted by Crippen LogP contribution is 2.30. The summed E-state index contributed by atoms with van der Waals surface area (Å²) in [5.41, 5.74) is 8.45. The van der Waals surface area contributed by atoms with Crippen LogP contribution in [0, 0.1) is 0 Å². The summed E-state index contributed by atoms with van der Waals surface area (Å²) in [6, 6.07) is 8.34. The molecule has 86 valence electrons. The van der Waals surface area contributed by atoms with E-state index >= 15 is 0 Å². The zero-order chi connectivity index (χ0) is 11.7. The zero-order valence-electron chi connectivity index (χ0n) is 9.81. The minimum Gasteiger partial charge on any atom is -0.337 e. The standard InChI is InChI=1S/C13H18N2O/c1-3-9-4-6-10(7-5-9)13-11(14)8-12(16)15(13)2/h4-7,11,13H,3,8,14H2,1-2H3/t11-,13+/m1/s1. The molecule has 3 nitrogen and oxygen atoms in total. The highest BCUT2D eigenvalue weighted by molar-refractivity contribution is 5.80. The van der Waals surface area contributed by atoms with Crippen LogP contribution in [-0.2, 0) is 11.2 Å². The van der Waals surface area contributed by atoms with E-state index in [9.17, 15) is 4.79 Å². The second kappa shape index (κ2) is 4.26. The first-order valence-electron chi connectivity index (χ1n) is 5.73. The zero-order valence-corrected chi connectivity index (χ0v) is 9.81. The Morgan fingerprint density at radius 3 is 2.44 bits per heavy atom. The molecule has 0 aliphatic carbocycles. The lowest BCUT2D eigenvalue weighted by molar-refractivity contribution is -0.127. The molecule has 1 amide bonds. The van der Waals surface area contributed by atoms with Gasteiger partial charge in [0, 0.05) is 19.5 Å². The number of nitrogens with zero attached hydrogens (tertiary/aromatic N) is 1. The molecule has 2 rings (SSSR count). The van der Waals surface area contributed by atoms with E-state index in [1.807, 2.05) is 7.05 Å². The summed E-state index contributed by atoms with van der Waals surface area (Å²) in [6.07, 6.45) is 1.49. The molecule has 0 radical (unpaired) electrons. The fourth-order valence-corrected chi connectivity index (χ4v) is 2.32. The number of hydrogen-bond acceptors (Lipinski definition) is 2. The number of likely N-dealkylation sites (N-methyl/N-ethyl adjacent to an activating group) is 1. The molecule has 0 spiro atoms. The lowest BCUT2D eigenvalue weighted by Crippen LogP contribution is -2.30.